The standard InChI is InChI=1S/C12H20O4.Mn.Sn.2H/c1-3-5-9-15-11(13)7-8-12(14)16-10-6-4-2;;;;/h7-8H,3-6,9-10H2,1-2H3;;;;/b8-7-;;;;. The van der Waals surface area contributed by atoms with Crippen LogP contribution in [-0.4, -0.2) is 49.1 Å². The van der Waals surface area contributed by atoms with Crippen LogP contribution in [0.1, 0.15) is 39.5 Å². The Morgan fingerprint density at radius 3 is 1.50 bits per heavy atom. The van der Waals surface area contributed by atoms with E-state index in [0.717, 1.165) is 37.8 Å². The second-order valence-electron chi connectivity index (χ2n) is 3.38. The summed E-state index contributed by atoms with van der Waals surface area (Å²) >= 11 is 0. The van der Waals surface area contributed by atoms with E-state index in [1.165, 1.54) is 0 Å². The number of rotatable bonds is 8. The van der Waals surface area contributed by atoms with Crippen molar-refractivity contribution in [3.63, 3.8) is 0 Å². The van der Waals surface area contributed by atoms with Crippen LogP contribution in [0.25, 0.3) is 0 Å². The molecule has 0 aliphatic rings. The molecule has 0 saturated carbocycles. The first-order valence-corrected chi connectivity index (χ1v) is 5.72. The third-order valence-corrected chi connectivity index (χ3v) is 1.84. The van der Waals surface area contributed by atoms with Crippen LogP contribution in [0.3, 0.4) is 0 Å². The third kappa shape index (κ3) is 16.0. The fourth-order valence-corrected chi connectivity index (χ4v) is 0.867. The van der Waals surface area contributed by atoms with Crippen LogP contribution >= 0.6 is 0 Å². The van der Waals surface area contributed by atoms with Gasteiger partial charge >= 0.3 is 35.8 Å². The first kappa shape index (κ1) is 23.1. The number of esters is 2. The Bertz CT molecular complexity index is 220. The summed E-state index contributed by atoms with van der Waals surface area (Å²) < 4.78 is 9.65. The molecule has 105 valence electrons. The molecule has 18 heavy (non-hydrogen) atoms. The predicted molar refractivity (Wildman–Crippen MR) is 69.4 cm³/mol. The van der Waals surface area contributed by atoms with E-state index >= 15 is 0 Å². The molecule has 3 radical (unpaired) electrons. The van der Waals surface area contributed by atoms with Gasteiger partial charge in [-0.2, -0.15) is 0 Å². The molecule has 0 fully saturated rings. The van der Waals surface area contributed by atoms with Gasteiger partial charge < -0.3 is 9.47 Å². The average molecular weight is 404 g/mol. The molecule has 0 N–H and O–H groups in total. The number of carbonyl (C=O) groups excluding carboxylic acids is 2. The molecule has 0 unspecified atom stereocenters. The van der Waals surface area contributed by atoms with Gasteiger partial charge in [0, 0.05) is 29.2 Å². The van der Waals surface area contributed by atoms with E-state index in [9.17, 15) is 9.59 Å². The second kappa shape index (κ2) is 17.0. The van der Waals surface area contributed by atoms with Crippen LogP contribution in [-0.2, 0) is 36.1 Å². The van der Waals surface area contributed by atoms with Crippen molar-refractivity contribution in [3.05, 3.63) is 12.2 Å². The maximum absolute atomic E-state index is 11.0. The summed E-state index contributed by atoms with van der Waals surface area (Å²) in [5, 5.41) is 0. The molecule has 6 heteroatoms. The molecule has 0 aliphatic carbocycles. The predicted octanol–water partition coefficient (Wildman–Crippen LogP) is 1.31. The van der Waals surface area contributed by atoms with E-state index in [1.807, 2.05) is 13.8 Å². The first-order valence-electron chi connectivity index (χ1n) is 5.72. The average Bonchev–Trinajstić information content (AvgIpc) is 2.27. The Morgan fingerprint density at radius 1 is 0.889 bits per heavy atom. The Hall–Kier alpha value is -0.00182. The van der Waals surface area contributed by atoms with E-state index in [1.54, 1.807) is 0 Å². The summed E-state index contributed by atoms with van der Waals surface area (Å²) in [7, 11) is 0. The van der Waals surface area contributed by atoms with Gasteiger partial charge in [0.25, 0.3) is 0 Å². The SMILES string of the molecule is CCCCOC(=O)/C=C\C(=O)OCCCC.[Mn].[SnH2]. The molecule has 0 spiro atoms. The van der Waals surface area contributed by atoms with Crippen molar-refractivity contribution in [2.45, 2.75) is 39.5 Å². The normalized spacial score (nSPS) is 9.22. The van der Waals surface area contributed by atoms with Gasteiger partial charge in [0.15, 0.2) is 0 Å². The molecule has 0 bridgehead atoms. The molecule has 0 rings (SSSR count). The third-order valence-electron chi connectivity index (χ3n) is 1.84. The monoisotopic (exact) mass is 405 g/mol. The zero-order valence-electron chi connectivity index (χ0n) is 11.1. The molecule has 0 heterocycles. The van der Waals surface area contributed by atoms with E-state index in [-0.39, 0.29) is 41.0 Å². The molecule has 0 atom stereocenters. The number of unbranched alkanes of at least 4 members (excludes halogenated alkanes) is 2. The summed E-state index contributed by atoms with van der Waals surface area (Å²) in [5.74, 6) is -0.998. The van der Waals surface area contributed by atoms with Gasteiger partial charge in [0.05, 0.1) is 13.2 Å². The number of ether oxygens (including phenoxy) is 2. The van der Waals surface area contributed by atoms with Crippen LogP contribution in [0, 0.1) is 0 Å². The first-order chi connectivity index (χ1) is 7.70. The van der Waals surface area contributed by atoms with Gasteiger partial charge in [-0.15, -0.1) is 0 Å². The van der Waals surface area contributed by atoms with E-state index in [0.29, 0.717) is 13.2 Å². The summed E-state index contributed by atoms with van der Waals surface area (Å²) in [6, 6.07) is 0. The summed E-state index contributed by atoms with van der Waals surface area (Å²) in [5.41, 5.74) is 0. The van der Waals surface area contributed by atoms with Crippen molar-refractivity contribution in [2.24, 2.45) is 0 Å². The molecule has 0 saturated heterocycles. The van der Waals surface area contributed by atoms with Gasteiger partial charge in [-0.1, -0.05) is 26.7 Å². The van der Waals surface area contributed by atoms with E-state index in [4.69, 9.17) is 9.47 Å². The number of hydrogen-bond donors (Lipinski definition) is 0. The van der Waals surface area contributed by atoms with E-state index in [2.05, 4.69) is 0 Å². The van der Waals surface area contributed by atoms with Crippen molar-refractivity contribution in [2.75, 3.05) is 13.2 Å². The fourth-order valence-electron chi connectivity index (χ4n) is 0.867. The van der Waals surface area contributed by atoms with Crippen LogP contribution < -0.4 is 0 Å². The molecule has 0 aliphatic heterocycles. The van der Waals surface area contributed by atoms with Crippen LogP contribution in [0.2, 0.25) is 0 Å². The second-order valence-corrected chi connectivity index (χ2v) is 3.38. The molecule has 0 amide bonds. The Labute approximate surface area is 136 Å². The molecule has 0 aromatic heterocycles. The summed E-state index contributed by atoms with van der Waals surface area (Å²) in [4.78, 5) is 22.1. The molecule has 4 nitrogen and oxygen atoms in total. The van der Waals surface area contributed by atoms with Gasteiger partial charge in [-0.3, -0.25) is 0 Å². The van der Waals surface area contributed by atoms with Crippen molar-refractivity contribution in [1.29, 1.82) is 0 Å². The zero-order chi connectivity index (χ0) is 12.2. The van der Waals surface area contributed by atoms with E-state index < -0.39 is 11.9 Å². The minimum atomic E-state index is -0.499. The Morgan fingerprint density at radius 2 is 1.22 bits per heavy atom. The van der Waals surface area contributed by atoms with Crippen molar-refractivity contribution < 1.29 is 36.1 Å². The maximum atomic E-state index is 11.0. The summed E-state index contributed by atoms with van der Waals surface area (Å²) in [6.45, 7) is 4.80. The molecule has 0 aromatic carbocycles. The molecular weight excluding hydrogens is 382 g/mol. The fraction of sp³-hybridized carbons (Fsp3) is 0.667. The quantitative estimate of drug-likeness (QED) is 0.265. The van der Waals surface area contributed by atoms with Gasteiger partial charge in [0.1, 0.15) is 0 Å². The van der Waals surface area contributed by atoms with Crippen molar-refractivity contribution >= 4 is 35.8 Å². The number of carbonyl (C=O) groups is 2. The Kier molecular flexibility index (Phi) is 21.8. The topological polar surface area (TPSA) is 52.6 Å². The van der Waals surface area contributed by atoms with Gasteiger partial charge in [0.2, 0.25) is 0 Å². The van der Waals surface area contributed by atoms with Crippen molar-refractivity contribution in [1.82, 2.24) is 0 Å². The minimum absolute atomic E-state index is 0. The molecular formula is C12H22MnO4Sn. The van der Waals surface area contributed by atoms with Crippen LogP contribution in [0.5, 0.6) is 0 Å². The molecule has 0 aromatic rings. The van der Waals surface area contributed by atoms with Gasteiger partial charge in [-0.05, 0) is 12.8 Å². The summed E-state index contributed by atoms with van der Waals surface area (Å²) in [6.07, 6.45) is 5.81. The van der Waals surface area contributed by atoms with Gasteiger partial charge in [-0.25, -0.2) is 9.59 Å². The van der Waals surface area contributed by atoms with Crippen molar-refractivity contribution in [3.8, 4) is 0 Å². The van der Waals surface area contributed by atoms with Crippen LogP contribution in [0.4, 0.5) is 0 Å². The van der Waals surface area contributed by atoms with Crippen LogP contribution in [0.15, 0.2) is 12.2 Å². The number of hydrogen-bond acceptors (Lipinski definition) is 4. The zero-order valence-corrected chi connectivity index (χ0v) is 16.3. The Balaban J connectivity index is -0.00000112.